The van der Waals surface area contributed by atoms with Gasteiger partial charge in [-0.25, -0.2) is 4.98 Å². The lowest BCUT2D eigenvalue weighted by Gasteiger charge is -2.40. The standard InChI is InChI=1S/C26H34F2N6O/c1-3-15(2)34-22(12-21(31-34)16-9-23(35-26(27)28)25(29)30-13-16)24-19-10-18(11-20(19)24)33-8-7-32-6-4-5-17(32)14-33/h9-10,12-13,15,17-18,20,24,26H,3-8,11,14H2,1-2H3,(H2,29,30). The molecule has 2 aromatic heterocycles. The number of rotatable bonds is 7. The highest BCUT2D eigenvalue weighted by Crippen LogP contribution is 2.61. The third-order valence-corrected chi connectivity index (χ3v) is 8.53. The number of pyridine rings is 1. The second-order valence-corrected chi connectivity index (χ2v) is 10.5. The SMILES string of the molecule is CCC(C)n1nc(-c2cnc(N)c(OC(F)F)c2)cc1C1C2=CC(N3CCN4CCCC4C3)CC21. The number of ether oxygens (including phenoxy) is 1. The first-order valence-electron chi connectivity index (χ1n) is 12.9. The van der Waals surface area contributed by atoms with Gasteiger partial charge in [0.1, 0.15) is 0 Å². The molecule has 4 heterocycles. The number of anilines is 1. The van der Waals surface area contributed by atoms with Crippen LogP contribution in [0.1, 0.15) is 57.2 Å². The average molecular weight is 485 g/mol. The van der Waals surface area contributed by atoms with Crippen LogP contribution in [0, 0.1) is 5.92 Å². The molecular weight excluding hydrogens is 450 g/mol. The molecule has 0 bridgehead atoms. The van der Waals surface area contributed by atoms with Crippen molar-refractivity contribution in [1.82, 2.24) is 24.6 Å². The second-order valence-electron chi connectivity index (χ2n) is 10.5. The molecule has 1 saturated carbocycles. The number of aromatic nitrogens is 3. The summed E-state index contributed by atoms with van der Waals surface area (Å²) in [5.41, 5.74) is 9.82. The van der Waals surface area contributed by atoms with E-state index in [-0.39, 0.29) is 17.6 Å². The van der Waals surface area contributed by atoms with Crippen LogP contribution < -0.4 is 10.5 Å². The summed E-state index contributed by atoms with van der Waals surface area (Å²) in [7, 11) is 0. The summed E-state index contributed by atoms with van der Waals surface area (Å²) in [6.07, 6.45) is 8.92. The third kappa shape index (κ3) is 4.12. The number of alkyl halides is 2. The minimum Gasteiger partial charge on any atom is -0.431 e. The average Bonchev–Trinajstić information content (AvgIpc) is 3.30. The fourth-order valence-electron chi connectivity index (χ4n) is 6.43. The topological polar surface area (TPSA) is 72.4 Å². The molecule has 5 unspecified atom stereocenters. The zero-order chi connectivity index (χ0) is 24.3. The Balaban J connectivity index is 1.24. The van der Waals surface area contributed by atoms with Gasteiger partial charge in [-0.05, 0) is 57.2 Å². The van der Waals surface area contributed by atoms with Crippen molar-refractivity contribution in [1.29, 1.82) is 0 Å². The number of fused-ring (bicyclic) bond motifs is 2. The van der Waals surface area contributed by atoms with E-state index in [1.807, 2.05) is 0 Å². The van der Waals surface area contributed by atoms with Crippen LogP contribution in [0.3, 0.4) is 0 Å². The Bertz CT molecular complexity index is 1130. The molecule has 2 aliphatic carbocycles. The maximum Gasteiger partial charge on any atom is 0.387 e. The van der Waals surface area contributed by atoms with Crippen LogP contribution >= 0.6 is 0 Å². The van der Waals surface area contributed by atoms with Gasteiger partial charge >= 0.3 is 6.61 Å². The number of hydrogen-bond donors (Lipinski definition) is 1. The molecule has 6 rings (SSSR count). The highest BCUT2D eigenvalue weighted by molar-refractivity contribution is 5.65. The van der Waals surface area contributed by atoms with Crippen LogP contribution in [0.4, 0.5) is 14.6 Å². The summed E-state index contributed by atoms with van der Waals surface area (Å²) < 4.78 is 32.3. The smallest absolute Gasteiger partial charge is 0.387 e. The molecule has 7 nitrogen and oxygen atoms in total. The maximum atomic E-state index is 12.8. The summed E-state index contributed by atoms with van der Waals surface area (Å²) in [5.74, 6) is 0.805. The van der Waals surface area contributed by atoms with Crippen molar-refractivity contribution in [3.8, 4) is 17.0 Å². The Morgan fingerprint density at radius 1 is 1.20 bits per heavy atom. The van der Waals surface area contributed by atoms with E-state index in [4.69, 9.17) is 10.8 Å². The first kappa shape index (κ1) is 22.9. The Morgan fingerprint density at radius 2 is 2.03 bits per heavy atom. The number of allylic oxidation sites excluding steroid dienone is 1. The summed E-state index contributed by atoms with van der Waals surface area (Å²) in [6, 6.07) is 5.15. The van der Waals surface area contributed by atoms with Gasteiger partial charge in [0.15, 0.2) is 11.6 Å². The number of nitrogen functional groups attached to an aromatic ring is 1. The van der Waals surface area contributed by atoms with E-state index in [0.29, 0.717) is 29.1 Å². The van der Waals surface area contributed by atoms with E-state index in [1.54, 1.807) is 6.20 Å². The van der Waals surface area contributed by atoms with Crippen LogP contribution in [0.2, 0.25) is 0 Å². The van der Waals surface area contributed by atoms with Crippen molar-refractivity contribution < 1.29 is 13.5 Å². The Hall–Kier alpha value is -2.52. The largest absolute Gasteiger partial charge is 0.431 e. The lowest BCUT2D eigenvalue weighted by molar-refractivity contribution is -0.0494. The van der Waals surface area contributed by atoms with Gasteiger partial charge < -0.3 is 10.5 Å². The zero-order valence-electron chi connectivity index (χ0n) is 20.4. The molecule has 0 aromatic carbocycles. The van der Waals surface area contributed by atoms with Gasteiger partial charge in [0.25, 0.3) is 0 Å². The van der Waals surface area contributed by atoms with E-state index in [1.165, 1.54) is 62.8 Å². The van der Waals surface area contributed by atoms with E-state index in [9.17, 15) is 8.78 Å². The van der Waals surface area contributed by atoms with Crippen molar-refractivity contribution in [2.75, 3.05) is 31.9 Å². The number of nitrogens with two attached hydrogens (primary N) is 1. The van der Waals surface area contributed by atoms with Gasteiger partial charge in [-0.15, -0.1) is 0 Å². The second kappa shape index (κ2) is 8.85. The van der Waals surface area contributed by atoms with E-state index >= 15 is 0 Å². The molecule has 3 fully saturated rings. The predicted octanol–water partition coefficient (Wildman–Crippen LogP) is 4.29. The van der Waals surface area contributed by atoms with Crippen LogP contribution in [0.15, 0.2) is 30.0 Å². The Kier molecular flexibility index (Phi) is 5.79. The molecule has 35 heavy (non-hydrogen) atoms. The number of halogens is 2. The summed E-state index contributed by atoms with van der Waals surface area (Å²) in [4.78, 5) is 9.43. The number of piperazine rings is 1. The van der Waals surface area contributed by atoms with Crippen LogP contribution in [-0.2, 0) is 0 Å². The maximum absolute atomic E-state index is 12.8. The highest BCUT2D eigenvalue weighted by Gasteiger charge is 2.53. The first-order chi connectivity index (χ1) is 16.9. The van der Waals surface area contributed by atoms with Gasteiger partial charge in [0.2, 0.25) is 0 Å². The molecule has 2 aliphatic heterocycles. The zero-order valence-corrected chi connectivity index (χ0v) is 20.4. The summed E-state index contributed by atoms with van der Waals surface area (Å²) in [6.45, 7) is 6.22. The number of nitrogens with zero attached hydrogens (tertiary/aromatic N) is 5. The Labute approximate surface area is 204 Å². The Morgan fingerprint density at radius 3 is 2.77 bits per heavy atom. The molecule has 188 valence electrons. The minimum absolute atomic E-state index is 0.0537. The lowest BCUT2D eigenvalue weighted by atomic mass is 10.0. The van der Waals surface area contributed by atoms with Gasteiger partial charge in [-0.2, -0.15) is 13.9 Å². The number of hydrogen-bond acceptors (Lipinski definition) is 6. The van der Waals surface area contributed by atoms with E-state index < -0.39 is 6.61 Å². The summed E-state index contributed by atoms with van der Waals surface area (Å²) >= 11 is 0. The van der Waals surface area contributed by atoms with Crippen molar-refractivity contribution in [3.05, 3.63) is 35.7 Å². The van der Waals surface area contributed by atoms with Gasteiger partial charge in [0.05, 0.1) is 5.69 Å². The molecule has 9 heteroatoms. The summed E-state index contributed by atoms with van der Waals surface area (Å²) in [5, 5.41) is 4.88. The minimum atomic E-state index is -2.95. The molecule has 4 aliphatic rings. The molecule has 5 atom stereocenters. The molecule has 0 spiro atoms. The van der Waals surface area contributed by atoms with Crippen LogP contribution in [0.25, 0.3) is 11.3 Å². The van der Waals surface area contributed by atoms with Crippen molar-refractivity contribution in [2.45, 2.75) is 70.2 Å². The fraction of sp³-hybridized carbons (Fsp3) is 0.615. The molecule has 0 radical (unpaired) electrons. The quantitative estimate of drug-likeness (QED) is 0.591. The first-order valence-corrected chi connectivity index (χ1v) is 12.9. The van der Waals surface area contributed by atoms with E-state index in [2.05, 4.69) is 50.2 Å². The monoisotopic (exact) mass is 484 g/mol. The molecular formula is C26H34F2N6O. The van der Waals surface area contributed by atoms with Crippen molar-refractivity contribution >= 4 is 5.82 Å². The molecule has 0 amide bonds. The van der Waals surface area contributed by atoms with E-state index in [0.717, 1.165) is 12.5 Å². The van der Waals surface area contributed by atoms with Crippen molar-refractivity contribution in [3.63, 3.8) is 0 Å². The molecule has 2 saturated heterocycles. The lowest BCUT2D eigenvalue weighted by Crippen LogP contribution is -2.52. The highest BCUT2D eigenvalue weighted by atomic mass is 19.3. The molecule has 2 N–H and O–H groups in total. The van der Waals surface area contributed by atoms with Crippen LogP contribution in [0.5, 0.6) is 5.75 Å². The third-order valence-electron chi connectivity index (χ3n) is 8.53. The predicted molar refractivity (Wildman–Crippen MR) is 130 cm³/mol. The van der Waals surface area contributed by atoms with Gasteiger partial charge in [-0.1, -0.05) is 18.6 Å². The van der Waals surface area contributed by atoms with Gasteiger partial charge in [-0.3, -0.25) is 14.5 Å². The normalized spacial score (nSPS) is 29.2. The van der Waals surface area contributed by atoms with Gasteiger partial charge in [0, 0.05) is 61.1 Å². The fourth-order valence-corrected chi connectivity index (χ4v) is 6.43. The van der Waals surface area contributed by atoms with Crippen molar-refractivity contribution in [2.24, 2.45) is 5.92 Å². The van der Waals surface area contributed by atoms with Crippen LogP contribution in [-0.4, -0.2) is 69.4 Å². The molecule has 2 aromatic rings.